The highest BCUT2D eigenvalue weighted by atomic mass is 19.4. The van der Waals surface area contributed by atoms with Gasteiger partial charge in [0.1, 0.15) is 0 Å². The van der Waals surface area contributed by atoms with Crippen molar-refractivity contribution in [3.8, 4) is 11.5 Å². The molecule has 1 amide bonds. The lowest BCUT2D eigenvalue weighted by atomic mass is 10.1. The maximum absolute atomic E-state index is 13.2. The lowest BCUT2D eigenvalue weighted by Crippen LogP contribution is -2.21. The fourth-order valence-electron chi connectivity index (χ4n) is 3.62. The van der Waals surface area contributed by atoms with Crippen LogP contribution < -0.4 is 19.7 Å². The molecule has 1 fully saturated rings. The Bertz CT molecular complexity index is 1090. The number of alkyl halides is 3. The first-order valence-corrected chi connectivity index (χ1v) is 9.75. The number of anilines is 2. The molecule has 2 aliphatic heterocycles. The number of nitrogens with zero attached hydrogens (tertiary/aromatic N) is 2. The molecule has 0 aliphatic carbocycles. The molecule has 2 aromatic carbocycles. The van der Waals surface area contributed by atoms with Crippen LogP contribution in [0.5, 0.6) is 11.5 Å². The first-order valence-electron chi connectivity index (χ1n) is 9.75. The number of halogens is 3. The van der Waals surface area contributed by atoms with Gasteiger partial charge in [-0.2, -0.15) is 13.2 Å². The van der Waals surface area contributed by atoms with Crippen LogP contribution in [0.4, 0.5) is 30.2 Å². The molecule has 0 bridgehead atoms. The van der Waals surface area contributed by atoms with Gasteiger partial charge in [0.25, 0.3) is 5.69 Å². The van der Waals surface area contributed by atoms with E-state index in [1.165, 1.54) is 24.3 Å². The van der Waals surface area contributed by atoms with Crippen molar-refractivity contribution in [3.05, 3.63) is 57.6 Å². The SMILES string of the molecule is O=C(C=Cc1cc2c(cc1[N+](=O)[O-])OCO2)Nc1cc(C(F)(F)F)ccc1N1CCCC1. The Kier molecular flexibility index (Phi) is 5.64. The van der Waals surface area contributed by atoms with Crippen molar-refractivity contribution in [1.82, 2.24) is 0 Å². The van der Waals surface area contributed by atoms with E-state index >= 15 is 0 Å². The van der Waals surface area contributed by atoms with Gasteiger partial charge in [-0.3, -0.25) is 14.9 Å². The zero-order chi connectivity index (χ0) is 22.9. The summed E-state index contributed by atoms with van der Waals surface area (Å²) in [6.07, 6.45) is -0.521. The van der Waals surface area contributed by atoms with Crippen molar-refractivity contribution in [3.63, 3.8) is 0 Å². The number of rotatable bonds is 5. The first-order chi connectivity index (χ1) is 15.2. The number of nitro benzene ring substituents is 1. The number of benzene rings is 2. The van der Waals surface area contributed by atoms with Gasteiger partial charge in [0.15, 0.2) is 11.5 Å². The number of carbonyl (C=O) groups is 1. The molecule has 168 valence electrons. The van der Waals surface area contributed by atoms with Gasteiger partial charge in [-0.15, -0.1) is 0 Å². The van der Waals surface area contributed by atoms with Gasteiger partial charge >= 0.3 is 6.18 Å². The summed E-state index contributed by atoms with van der Waals surface area (Å²) in [7, 11) is 0. The predicted octanol–water partition coefficient (Wildman–Crippen LogP) is 4.59. The Hall–Kier alpha value is -3.76. The van der Waals surface area contributed by atoms with Crippen molar-refractivity contribution in [2.24, 2.45) is 0 Å². The average Bonchev–Trinajstić information content (AvgIpc) is 3.42. The third kappa shape index (κ3) is 4.46. The van der Waals surface area contributed by atoms with Crippen molar-refractivity contribution in [1.29, 1.82) is 0 Å². The van der Waals surface area contributed by atoms with Crippen LogP contribution in [-0.2, 0) is 11.0 Å². The topological polar surface area (TPSA) is 93.9 Å². The van der Waals surface area contributed by atoms with Gasteiger partial charge in [0.2, 0.25) is 12.7 Å². The minimum Gasteiger partial charge on any atom is -0.454 e. The summed E-state index contributed by atoms with van der Waals surface area (Å²) >= 11 is 0. The molecule has 8 nitrogen and oxygen atoms in total. The number of ether oxygens (including phenoxy) is 2. The van der Waals surface area contributed by atoms with Crippen LogP contribution >= 0.6 is 0 Å². The van der Waals surface area contributed by atoms with E-state index in [1.807, 2.05) is 4.90 Å². The van der Waals surface area contributed by atoms with Crippen molar-refractivity contribution in [2.75, 3.05) is 30.1 Å². The summed E-state index contributed by atoms with van der Waals surface area (Å²) in [5.74, 6) is -0.209. The lowest BCUT2D eigenvalue weighted by molar-refractivity contribution is -0.385. The maximum atomic E-state index is 13.2. The molecule has 0 atom stereocenters. The van der Waals surface area contributed by atoms with E-state index in [4.69, 9.17) is 9.47 Å². The van der Waals surface area contributed by atoms with Crippen molar-refractivity contribution in [2.45, 2.75) is 19.0 Å². The van der Waals surface area contributed by atoms with Crippen LogP contribution in [0.25, 0.3) is 6.08 Å². The molecule has 0 radical (unpaired) electrons. The van der Waals surface area contributed by atoms with E-state index in [-0.39, 0.29) is 29.5 Å². The molecule has 1 saturated heterocycles. The second-order valence-corrected chi connectivity index (χ2v) is 7.27. The second kappa shape index (κ2) is 8.40. The molecule has 0 unspecified atom stereocenters. The monoisotopic (exact) mass is 449 g/mol. The summed E-state index contributed by atoms with van der Waals surface area (Å²) in [6.45, 7) is 1.27. The minimum atomic E-state index is -4.56. The van der Waals surface area contributed by atoms with Crippen LogP contribution in [0.1, 0.15) is 24.0 Å². The van der Waals surface area contributed by atoms with Gasteiger partial charge in [-0.1, -0.05) is 0 Å². The number of nitrogens with one attached hydrogen (secondary N) is 1. The minimum absolute atomic E-state index is 0.0246. The summed E-state index contributed by atoms with van der Waals surface area (Å²) in [5, 5.41) is 13.8. The lowest BCUT2D eigenvalue weighted by Gasteiger charge is -2.22. The fraction of sp³-hybridized carbons (Fsp3) is 0.286. The van der Waals surface area contributed by atoms with Gasteiger partial charge in [0.05, 0.1) is 33.5 Å². The molecule has 2 heterocycles. The fourth-order valence-corrected chi connectivity index (χ4v) is 3.62. The molecule has 32 heavy (non-hydrogen) atoms. The highest BCUT2D eigenvalue weighted by molar-refractivity contribution is 6.04. The third-order valence-corrected chi connectivity index (χ3v) is 5.16. The number of nitro groups is 1. The third-order valence-electron chi connectivity index (χ3n) is 5.16. The van der Waals surface area contributed by atoms with Gasteiger partial charge in [-0.25, -0.2) is 0 Å². The van der Waals surface area contributed by atoms with E-state index < -0.39 is 22.6 Å². The first kappa shape index (κ1) is 21.5. The van der Waals surface area contributed by atoms with E-state index in [0.717, 1.165) is 31.1 Å². The quantitative estimate of drug-likeness (QED) is 0.408. The Labute approximate surface area is 180 Å². The molecule has 0 spiro atoms. The van der Waals surface area contributed by atoms with Crippen LogP contribution in [0, 0.1) is 10.1 Å². The summed E-state index contributed by atoms with van der Waals surface area (Å²) in [6, 6.07) is 5.77. The molecule has 1 N–H and O–H groups in total. The summed E-state index contributed by atoms with van der Waals surface area (Å²) in [4.78, 5) is 25.1. The van der Waals surface area contributed by atoms with Crippen LogP contribution in [0.3, 0.4) is 0 Å². The van der Waals surface area contributed by atoms with Gasteiger partial charge in [0, 0.05) is 19.2 Å². The Morgan fingerprint density at radius 2 is 1.81 bits per heavy atom. The zero-order valence-corrected chi connectivity index (χ0v) is 16.6. The molecular formula is C21H18F3N3O5. The number of amides is 1. The number of fused-ring (bicyclic) bond motifs is 1. The summed E-state index contributed by atoms with van der Waals surface area (Å²) < 4.78 is 49.9. The van der Waals surface area contributed by atoms with Crippen LogP contribution in [0.2, 0.25) is 0 Å². The number of hydrogen-bond acceptors (Lipinski definition) is 6. The van der Waals surface area contributed by atoms with Crippen molar-refractivity contribution < 1.29 is 32.4 Å². The highest BCUT2D eigenvalue weighted by Crippen LogP contribution is 2.39. The average molecular weight is 449 g/mol. The van der Waals surface area contributed by atoms with Crippen LogP contribution in [-0.4, -0.2) is 30.7 Å². The van der Waals surface area contributed by atoms with E-state index in [1.54, 1.807) is 0 Å². The molecule has 2 aliphatic rings. The largest absolute Gasteiger partial charge is 0.454 e. The normalized spacial score (nSPS) is 15.4. The second-order valence-electron chi connectivity index (χ2n) is 7.27. The summed E-state index contributed by atoms with van der Waals surface area (Å²) in [5.41, 5.74) is -0.567. The van der Waals surface area contributed by atoms with E-state index in [9.17, 15) is 28.1 Å². The van der Waals surface area contributed by atoms with E-state index in [0.29, 0.717) is 24.5 Å². The zero-order valence-electron chi connectivity index (χ0n) is 16.6. The Balaban J connectivity index is 1.60. The molecule has 0 saturated carbocycles. The highest BCUT2D eigenvalue weighted by Gasteiger charge is 2.32. The Morgan fingerprint density at radius 3 is 2.47 bits per heavy atom. The van der Waals surface area contributed by atoms with Crippen molar-refractivity contribution >= 4 is 29.0 Å². The van der Waals surface area contributed by atoms with Gasteiger partial charge in [-0.05, 0) is 43.2 Å². The molecule has 11 heteroatoms. The van der Waals surface area contributed by atoms with Gasteiger partial charge < -0.3 is 19.7 Å². The Morgan fingerprint density at radius 1 is 1.12 bits per heavy atom. The smallest absolute Gasteiger partial charge is 0.416 e. The predicted molar refractivity (Wildman–Crippen MR) is 110 cm³/mol. The molecule has 4 rings (SSSR count). The number of carbonyl (C=O) groups excluding carboxylic acids is 1. The standard InChI is InChI=1S/C21H18F3N3O5/c22-21(23,24)14-4-5-16(26-7-1-2-8-26)15(10-14)25-20(28)6-3-13-9-18-19(32-12-31-18)11-17(13)27(29)30/h3-6,9-11H,1-2,7-8,12H2,(H,25,28). The molecular weight excluding hydrogens is 431 g/mol. The number of hydrogen-bond donors (Lipinski definition) is 1. The molecule has 0 aromatic heterocycles. The van der Waals surface area contributed by atoms with E-state index in [2.05, 4.69) is 5.32 Å². The van der Waals surface area contributed by atoms with Crippen LogP contribution in [0.15, 0.2) is 36.4 Å². The maximum Gasteiger partial charge on any atom is 0.416 e. The molecule has 2 aromatic rings.